The molecule has 0 radical (unpaired) electrons. The molecule has 0 aliphatic rings. The molecule has 1 unspecified atom stereocenters. The van der Waals surface area contributed by atoms with Crippen LogP contribution in [0.2, 0.25) is 5.02 Å². The molecule has 0 aliphatic heterocycles. The first kappa shape index (κ1) is 17.8. The van der Waals surface area contributed by atoms with E-state index in [4.69, 9.17) is 27.9 Å². The first-order chi connectivity index (χ1) is 11.9. The zero-order valence-electron chi connectivity index (χ0n) is 14.1. The molecule has 0 aliphatic carbocycles. The van der Waals surface area contributed by atoms with Gasteiger partial charge in [0, 0.05) is 0 Å². The highest BCUT2D eigenvalue weighted by Crippen LogP contribution is 2.30. The summed E-state index contributed by atoms with van der Waals surface area (Å²) in [7, 11) is 1.44. The number of alkyl halides is 1. The molecule has 1 atom stereocenters. The molecule has 3 rings (SSSR count). The second kappa shape index (κ2) is 7.06. The fourth-order valence-corrected chi connectivity index (χ4v) is 2.94. The Hall–Kier alpha value is -2.05. The summed E-state index contributed by atoms with van der Waals surface area (Å²) in [6.07, 6.45) is 0. The summed E-state index contributed by atoms with van der Waals surface area (Å²) in [6.45, 7) is 4.28. The van der Waals surface area contributed by atoms with Gasteiger partial charge in [-0.15, -0.1) is 16.7 Å². The molecule has 0 fully saturated rings. The molecular formula is C17H18Cl2N4O2. The van der Waals surface area contributed by atoms with Crippen LogP contribution in [0.3, 0.4) is 0 Å². The number of hydrogen-bond donors (Lipinski definition) is 0. The average Bonchev–Trinajstić information content (AvgIpc) is 2.93. The Morgan fingerprint density at radius 2 is 1.92 bits per heavy atom. The van der Waals surface area contributed by atoms with Crippen molar-refractivity contribution in [1.29, 1.82) is 0 Å². The lowest BCUT2D eigenvalue weighted by molar-refractivity contribution is 0.394. The number of fused-ring (bicyclic) bond motifs is 1. The van der Waals surface area contributed by atoms with E-state index in [1.807, 2.05) is 44.2 Å². The van der Waals surface area contributed by atoms with Gasteiger partial charge in [-0.05, 0) is 11.5 Å². The van der Waals surface area contributed by atoms with Gasteiger partial charge in [-0.3, -0.25) is 4.57 Å². The van der Waals surface area contributed by atoms with Crippen LogP contribution >= 0.6 is 23.2 Å². The van der Waals surface area contributed by atoms with Gasteiger partial charge in [-0.25, -0.2) is 9.78 Å². The lowest BCUT2D eigenvalue weighted by Gasteiger charge is -2.18. The van der Waals surface area contributed by atoms with Gasteiger partial charge in [0.1, 0.15) is 10.8 Å². The van der Waals surface area contributed by atoms with Gasteiger partial charge in [0.2, 0.25) is 0 Å². The van der Waals surface area contributed by atoms with Crippen LogP contribution in [0.4, 0.5) is 0 Å². The van der Waals surface area contributed by atoms with Crippen LogP contribution in [0.25, 0.3) is 5.65 Å². The second-order valence-corrected chi connectivity index (χ2v) is 6.88. The van der Waals surface area contributed by atoms with Gasteiger partial charge in [0.25, 0.3) is 5.88 Å². The van der Waals surface area contributed by atoms with E-state index in [1.54, 1.807) is 0 Å². The van der Waals surface area contributed by atoms with Gasteiger partial charge in [-0.1, -0.05) is 55.8 Å². The minimum Gasteiger partial charge on any atom is -0.479 e. The number of hydrogen-bond acceptors (Lipinski definition) is 4. The zero-order chi connectivity index (χ0) is 18.1. The van der Waals surface area contributed by atoms with Crippen LogP contribution in [0, 0.1) is 5.92 Å². The van der Waals surface area contributed by atoms with Crippen molar-refractivity contribution in [2.45, 2.75) is 25.8 Å². The van der Waals surface area contributed by atoms with Crippen molar-refractivity contribution in [3.63, 3.8) is 0 Å². The number of benzene rings is 1. The smallest absolute Gasteiger partial charge is 0.352 e. The molecule has 3 aromatic rings. The van der Waals surface area contributed by atoms with E-state index in [9.17, 15) is 4.79 Å². The molecule has 0 saturated carbocycles. The van der Waals surface area contributed by atoms with Gasteiger partial charge >= 0.3 is 5.69 Å². The van der Waals surface area contributed by atoms with Crippen molar-refractivity contribution < 1.29 is 4.74 Å². The van der Waals surface area contributed by atoms with Gasteiger partial charge in [-0.2, -0.15) is 4.52 Å². The van der Waals surface area contributed by atoms with Crippen molar-refractivity contribution in [2.24, 2.45) is 5.92 Å². The predicted molar refractivity (Wildman–Crippen MR) is 97.8 cm³/mol. The highest BCUT2D eigenvalue weighted by atomic mass is 35.5. The first-order valence-electron chi connectivity index (χ1n) is 7.85. The summed E-state index contributed by atoms with van der Waals surface area (Å²) in [5, 5.41) is 3.85. The molecule has 6 nitrogen and oxygen atoms in total. The predicted octanol–water partition coefficient (Wildman–Crippen LogP) is 3.54. The van der Waals surface area contributed by atoms with E-state index in [1.165, 1.54) is 11.7 Å². The fourth-order valence-electron chi connectivity index (χ4n) is 2.54. The Balaban J connectivity index is 2.26. The Morgan fingerprint density at radius 3 is 2.52 bits per heavy atom. The monoisotopic (exact) mass is 380 g/mol. The van der Waals surface area contributed by atoms with E-state index >= 15 is 0 Å². The van der Waals surface area contributed by atoms with Gasteiger partial charge in [0.15, 0.2) is 5.65 Å². The molecule has 0 N–H and O–H groups in total. The average molecular weight is 381 g/mol. The fraction of sp³-hybridized carbons (Fsp3) is 0.353. The summed E-state index contributed by atoms with van der Waals surface area (Å²) in [5.41, 5.74) is 0.847. The molecule has 25 heavy (non-hydrogen) atoms. The molecule has 132 valence electrons. The van der Waals surface area contributed by atoms with E-state index in [0.717, 1.165) is 10.1 Å². The maximum atomic E-state index is 13.0. The highest BCUT2D eigenvalue weighted by Gasteiger charge is 2.24. The van der Waals surface area contributed by atoms with Crippen molar-refractivity contribution >= 4 is 28.8 Å². The number of aromatic nitrogens is 4. The Morgan fingerprint density at radius 1 is 1.24 bits per heavy atom. The Labute approximate surface area is 155 Å². The van der Waals surface area contributed by atoms with Gasteiger partial charge in [0.05, 0.1) is 19.0 Å². The molecular weight excluding hydrogens is 363 g/mol. The van der Waals surface area contributed by atoms with Crippen LogP contribution in [0.1, 0.15) is 30.6 Å². The largest absolute Gasteiger partial charge is 0.479 e. The van der Waals surface area contributed by atoms with Crippen molar-refractivity contribution in [3.05, 3.63) is 57.2 Å². The number of methoxy groups -OCH3 is 1. The summed E-state index contributed by atoms with van der Waals surface area (Å²) >= 11 is 12.8. The second-order valence-electron chi connectivity index (χ2n) is 6.03. The maximum absolute atomic E-state index is 13.0. The summed E-state index contributed by atoms with van der Waals surface area (Å²) in [4.78, 5) is 17.6. The third-order valence-corrected chi connectivity index (χ3v) is 4.92. The van der Waals surface area contributed by atoms with Gasteiger partial charge < -0.3 is 4.74 Å². The Kier molecular flexibility index (Phi) is 5.01. The number of rotatable bonds is 5. The number of ether oxygens (including phenoxy) is 1. The molecule has 0 spiro atoms. The molecule has 0 bridgehead atoms. The third-order valence-electron chi connectivity index (χ3n) is 3.89. The summed E-state index contributed by atoms with van der Waals surface area (Å²) in [5.74, 6) is 0.703. The maximum Gasteiger partial charge on any atom is 0.352 e. The standard InChI is InChI=1S/C17H18Cl2N4O2/c1-10(2)12(18)14-20-15-13(19)16(25-3)21-23(15)17(24)22(14)9-11-7-5-4-6-8-11/h4-8,10,12H,9H2,1-3H3. The normalized spacial score (nSPS) is 12.7. The topological polar surface area (TPSA) is 61.4 Å². The lowest BCUT2D eigenvalue weighted by atomic mass is 10.1. The SMILES string of the molecule is COc1nn2c(=O)n(Cc3ccccc3)c(C(Cl)C(C)C)nc2c1Cl. The first-order valence-corrected chi connectivity index (χ1v) is 8.66. The van der Waals surface area contributed by atoms with E-state index in [-0.39, 0.29) is 28.2 Å². The summed E-state index contributed by atoms with van der Waals surface area (Å²) in [6, 6.07) is 9.64. The molecule has 0 amide bonds. The van der Waals surface area contributed by atoms with Crippen molar-refractivity contribution in [2.75, 3.05) is 7.11 Å². The molecule has 0 saturated heterocycles. The quantitative estimate of drug-likeness (QED) is 0.635. The summed E-state index contributed by atoms with van der Waals surface area (Å²) < 4.78 is 7.79. The van der Waals surface area contributed by atoms with Crippen LogP contribution in [0.15, 0.2) is 35.1 Å². The van der Waals surface area contributed by atoms with Crippen LogP contribution in [-0.2, 0) is 6.54 Å². The van der Waals surface area contributed by atoms with Crippen LogP contribution in [-0.4, -0.2) is 26.3 Å². The molecule has 1 aromatic carbocycles. The molecule has 8 heteroatoms. The minimum absolute atomic E-state index is 0.0848. The number of nitrogens with zero attached hydrogens (tertiary/aromatic N) is 4. The highest BCUT2D eigenvalue weighted by molar-refractivity contribution is 6.34. The molecule has 2 aromatic heterocycles. The van der Waals surface area contributed by atoms with Crippen molar-refractivity contribution in [1.82, 2.24) is 19.2 Å². The minimum atomic E-state index is -0.446. The van der Waals surface area contributed by atoms with Crippen LogP contribution in [0.5, 0.6) is 5.88 Å². The van der Waals surface area contributed by atoms with Crippen LogP contribution < -0.4 is 10.4 Å². The zero-order valence-corrected chi connectivity index (χ0v) is 15.6. The van der Waals surface area contributed by atoms with E-state index < -0.39 is 5.38 Å². The molecule has 2 heterocycles. The number of halogens is 2. The van der Waals surface area contributed by atoms with E-state index in [0.29, 0.717) is 12.4 Å². The lowest BCUT2D eigenvalue weighted by Crippen LogP contribution is -2.33. The third kappa shape index (κ3) is 3.24. The Bertz CT molecular complexity index is 951. The van der Waals surface area contributed by atoms with Crippen molar-refractivity contribution in [3.8, 4) is 5.88 Å². The van der Waals surface area contributed by atoms with E-state index in [2.05, 4.69) is 10.1 Å².